The predicted octanol–water partition coefficient (Wildman–Crippen LogP) is 3.16. The third-order valence-electron chi connectivity index (χ3n) is 2.05. The zero-order chi connectivity index (χ0) is 12.3. The fourth-order valence-corrected chi connectivity index (χ4v) is 1.59. The zero-order valence-corrected chi connectivity index (χ0v) is 9.91. The van der Waals surface area contributed by atoms with Crippen LogP contribution in [0.25, 0.3) is 0 Å². The van der Waals surface area contributed by atoms with Crippen molar-refractivity contribution in [1.82, 2.24) is 9.97 Å². The van der Waals surface area contributed by atoms with Gasteiger partial charge in [0.1, 0.15) is 23.3 Å². The summed E-state index contributed by atoms with van der Waals surface area (Å²) < 4.78 is 18.1. The van der Waals surface area contributed by atoms with Gasteiger partial charge in [-0.2, -0.15) is 0 Å². The monoisotopic (exact) mass is 252 g/mol. The second-order valence-corrected chi connectivity index (χ2v) is 3.88. The van der Waals surface area contributed by atoms with Gasteiger partial charge in [0.05, 0.1) is 0 Å². The summed E-state index contributed by atoms with van der Waals surface area (Å²) in [6, 6.07) is 7.43. The molecule has 0 amide bonds. The summed E-state index contributed by atoms with van der Waals surface area (Å²) in [5.41, 5.74) is 0.780. The highest BCUT2D eigenvalue weighted by molar-refractivity contribution is 6.29. The van der Waals surface area contributed by atoms with E-state index in [4.69, 9.17) is 16.3 Å². The van der Waals surface area contributed by atoms with E-state index in [1.807, 2.05) is 6.92 Å². The molecule has 0 saturated heterocycles. The highest BCUT2D eigenvalue weighted by Crippen LogP contribution is 2.13. The van der Waals surface area contributed by atoms with Crippen LogP contribution in [0.15, 0.2) is 30.3 Å². The Hall–Kier alpha value is -1.68. The maximum Gasteiger partial charge on any atom is 0.167 e. The quantitative estimate of drug-likeness (QED) is 0.787. The van der Waals surface area contributed by atoms with E-state index < -0.39 is 0 Å². The van der Waals surface area contributed by atoms with Crippen LogP contribution in [0.2, 0.25) is 5.15 Å². The minimum Gasteiger partial charge on any atom is -0.486 e. The molecule has 0 bridgehead atoms. The van der Waals surface area contributed by atoms with Crippen LogP contribution in [-0.2, 0) is 6.61 Å². The molecule has 17 heavy (non-hydrogen) atoms. The van der Waals surface area contributed by atoms with E-state index in [0.717, 1.165) is 5.69 Å². The Labute approximate surface area is 103 Å². The number of hydrogen-bond acceptors (Lipinski definition) is 3. The second-order valence-electron chi connectivity index (χ2n) is 3.49. The first-order valence-corrected chi connectivity index (χ1v) is 5.40. The van der Waals surface area contributed by atoms with Crippen molar-refractivity contribution in [3.8, 4) is 5.75 Å². The van der Waals surface area contributed by atoms with Gasteiger partial charge in [0.15, 0.2) is 5.82 Å². The second kappa shape index (κ2) is 5.10. The van der Waals surface area contributed by atoms with Crippen molar-refractivity contribution in [1.29, 1.82) is 0 Å². The van der Waals surface area contributed by atoms with Crippen LogP contribution >= 0.6 is 11.6 Å². The van der Waals surface area contributed by atoms with Crippen molar-refractivity contribution in [2.24, 2.45) is 0 Å². The molecule has 0 aliphatic heterocycles. The molecule has 0 N–H and O–H groups in total. The fourth-order valence-electron chi connectivity index (χ4n) is 1.33. The summed E-state index contributed by atoms with van der Waals surface area (Å²) in [4.78, 5) is 8.19. The molecular formula is C12H10ClFN2O. The van der Waals surface area contributed by atoms with Gasteiger partial charge in [0, 0.05) is 5.69 Å². The number of aromatic nitrogens is 2. The lowest BCUT2D eigenvalue weighted by Crippen LogP contribution is -2.02. The highest BCUT2D eigenvalue weighted by atomic mass is 35.5. The SMILES string of the molecule is Cc1cc(Cl)nc(COc2ccc(F)cc2)n1. The number of halogens is 2. The lowest BCUT2D eigenvalue weighted by molar-refractivity contribution is 0.295. The topological polar surface area (TPSA) is 35.0 Å². The molecule has 0 radical (unpaired) electrons. The van der Waals surface area contributed by atoms with Gasteiger partial charge in [0.25, 0.3) is 0 Å². The molecule has 2 rings (SSSR count). The molecule has 0 aliphatic carbocycles. The van der Waals surface area contributed by atoms with Crippen molar-refractivity contribution in [2.45, 2.75) is 13.5 Å². The molecule has 1 aromatic carbocycles. The molecule has 2 aromatic rings. The molecule has 0 unspecified atom stereocenters. The van der Waals surface area contributed by atoms with Gasteiger partial charge in [-0.3, -0.25) is 0 Å². The van der Waals surface area contributed by atoms with E-state index in [2.05, 4.69) is 9.97 Å². The Bertz CT molecular complexity index is 496. The number of hydrogen-bond donors (Lipinski definition) is 0. The van der Waals surface area contributed by atoms with Crippen molar-refractivity contribution < 1.29 is 9.13 Å². The van der Waals surface area contributed by atoms with Gasteiger partial charge in [-0.15, -0.1) is 0 Å². The van der Waals surface area contributed by atoms with E-state index in [1.54, 1.807) is 18.2 Å². The number of ether oxygens (including phenoxy) is 1. The number of nitrogens with zero attached hydrogens (tertiary/aromatic N) is 2. The van der Waals surface area contributed by atoms with E-state index in [0.29, 0.717) is 16.7 Å². The van der Waals surface area contributed by atoms with Crippen molar-refractivity contribution >= 4 is 11.6 Å². The maximum atomic E-state index is 12.7. The minimum atomic E-state index is -0.299. The summed E-state index contributed by atoms with van der Waals surface area (Å²) in [6.07, 6.45) is 0. The first kappa shape index (κ1) is 11.8. The van der Waals surface area contributed by atoms with E-state index in [1.165, 1.54) is 12.1 Å². The van der Waals surface area contributed by atoms with E-state index >= 15 is 0 Å². The molecule has 0 fully saturated rings. The fraction of sp³-hybridized carbons (Fsp3) is 0.167. The Morgan fingerprint density at radius 2 is 1.94 bits per heavy atom. The first-order valence-electron chi connectivity index (χ1n) is 5.02. The van der Waals surface area contributed by atoms with Crippen molar-refractivity contribution in [2.75, 3.05) is 0 Å². The van der Waals surface area contributed by atoms with Crippen LogP contribution in [0, 0.1) is 12.7 Å². The summed E-state index contributed by atoms with van der Waals surface area (Å²) in [7, 11) is 0. The highest BCUT2D eigenvalue weighted by Gasteiger charge is 2.02. The molecule has 88 valence electrons. The van der Waals surface area contributed by atoms with Gasteiger partial charge in [-0.25, -0.2) is 14.4 Å². The lowest BCUT2D eigenvalue weighted by Gasteiger charge is -2.05. The molecule has 5 heteroatoms. The van der Waals surface area contributed by atoms with Gasteiger partial charge in [-0.05, 0) is 37.3 Å². The van der Waals surface area contributed by atoms with Gasteiger partial charge >= 0.3 is 0 Å². The third-order valence-corrected chi connectivity index (χ3v) is 2.24. The largest absolute Gasteiger partial charge is 0.486 e. The third kappa shape index (κ3) is 3.39. The van der Waals surface area contributed by atoms with Crippen LogP contribution in [0.1, 0.15) is 11.5 Å². The molecule has 0 aliphatic rings. The average Bonchev–Trinajstić information content (AvgIpc) is 2.27. The molecule has 3 nitrogen and oxygen atoms in total. The van der Waals surface area contributed by atoms with E-state index in [-0.39, 0.29) is 12.4 Å². The Morgan fingerprint density at radius 3 is 2.59 bits per heavy atom. The van der Waals surface area contributed by atoms with E-state index in [9.17, 15) is 4.39 Å². The smallest absolute Gasteiger partial charge is 0.167 e. The average molecular weight is 253 g/mol. The van der Waals surface area contributed by atoms with Crippen LogP contribution in [0.5, 0.6) is 5.75 Å². The standard InChI is InChI=1S/C12H10ClFN2O/c1-8-6-11(13)16-12(15-8)7-17-10-4-2-9(14)3-5-10/h2-6H,7H2,1H3. The zero-order valence-electron chi connectivity index (χ0n) is 9.15. The van der Waals surface area contributed by atoms with Gasteiger partial charge in [-0.1, -0.05) is 11.6 Å². The summed E-state index contributed by atoms with van der Waals surface area (Å²) in [5, 5.41) is 0.384. The lowest BCUT2D eigenvalue weighted by atomic mass is 10.3. The maximum absolute atomic E-state index is 12.7. The predicted molar refractivity (Wildman–Crippen MR) is 62.5 cm³/mol. The summed E-state index contributed by atoms with van der Waals surface area (Å²) >= 11 is 5.80. The Balaban J connectivity index is 2.04. The van der Waals surface area contributed by atoms with Crippen LogP contribution in [0.3, 0.4) is 0 Å². The van der Waals surface area contributed by atoms with Crippen molar-refractivity contribution in [3.05, 3.63) is 52.8 Å². The number of aryl methyl sites for hydroxylation is 1. The van der Waals surface area contributed by atoms with Gasteiger partial charge in [0.2, 0.25) is 0 Å². The molecule has 0 atom stereocenters. The van der Waals surface area contributed by atoms with Crippen LogP contribution < -0.4 is 4.74 Å². The minimum absolute atomic E-state index is 0.201. The van der Waals surface area contributed by atoms with Crippen LogP contribution in [-0.4, -0.2) is 9.97 Å². The van der Waals surface area contributed by atoms with Crippen molar-refractivity contribution in [3.63, 3.8) is 0 Å². The first-order chi connectivity index (χ1) is 8.13. The molecule has 1 heterocycles. The molecule has 0 spiro atoms. The normalized spacial score (nSPS) is 10.3. The molecule has 1 aromatic heterocycles. The van der Waals surface area contributed by atoms with Crippen LogP contribution in [0.4, 0.5) is 4.39 Å². The summed E-state index contributed by atoms with van der Waals surface area (Å²) in [6.45, 7) is 2.03. The number of benzene rings is 1. The Kier molecular flexibility index (Phi) is 3.54. The molecule has 0 saturated carbocycles. The molecular weight excluding hydrogens is 243 g/mol. The summed E-state index contributed by atoms with van der Waals surface area (Å²) in [5.74, 6) is 0.763. The Morgan fingerprint density at radius 1 is 1.24 bits per heavy atom. The number of rotatable bonds is 3. The van der Waals surface area contributed by atoms with Gasteiger partial charge < -0.3 is 4.74 Å².